The molecule has 3 nitrogen and oxygen atoms in total. The summed E-state index contributed by atoms with van der Waals surface area (Å²) in [7, 11) is 0. The summed E-state index contributed by atoms with van der Waals surface area (Å²) in [6, 6.07) is 0. The predicted octanol–water partition coefficient (Wildman–Crippen LogP) is 4.77. The van der Waals surface area contributed by atoms with Crippen LogP contribution in [0.25, 0.3) is 0 Å². The van der Waals surface area contributed by atoms with Crippen molar-refractivity contribution in [2.45, 2.75) is 35.3 Å². The van der Waals surface area contributed by atoms with Gasteiger partial charge < -0.3 is 5.32 Å². The zero-order chi connectivity index (χ0) is 14.8. The van der Waals surface area contributed by atoms with Crippen molar-refractivity contribution in [1.82, 2.24) is 4.98 Å². The van der Waals surface area contributed by atoms with Gasteiger partial charge in [0.15, 0.2) is 5.13 Å². The van der Waals surface area contributed by atoms with Gasteiger partial charge in [-0.3, -0.25) is 4.79 Å². The molecule has 4 rings (SSSR count). The van der Waals surface area contributed by atoms with Gasteiger partial charge in [0.2, 0.25) is 5.91 Å². The molecule has 1 N–H and O–H groups in total. The number of halogens is 3. The summed E-state index contributed by atoms with van der Waals surface area (Å²) in [4.78, 5) is 17.2. The van der Waals surface area contributed by atoms with Crippen molar-refractivity contribution in [3.8, 4) is 0 Å². The number of alkyl halides is 3. The first-order chi connectivity index (χ1) is 9.30. The molecule has 1 aromatic rings. The fraction of sp³-hybridized carbons (Fsp3) is 0.692. The van der Waals surface area contributed by atoms with Crippen LogP contribution in [-0.2, 0) is 4.79 Å². The van der Waals surface area contributed by atoms with Gasteiger partial charge in [0.05, 0.1) is 9.15 Å². The van der Waals surface area contributed by atoms with Crippen molar-refractivity contribution in [3.63, 3.8) is 0 Å². The standard InChI is InChI=1S/C13H15Br3N2OS/c1-11(2)12(8(15)16)3-4-13(11,7(12)14)9(19)18-10-17-5-6-20-10/h5-8H,3-4H2,1-2H3,(H,17,18,19)/t7-,12-,13-/m0/s1. The van der Waals surface area contributed by atoms with Crippen molar-refractivity contribution < 1.29 is 4.79 Å². The lowest BCUT2D eigenvalue weighted by atomic mass is 9.43. The average Bonchev–Trinajstić information content (AvgIpc) is 3.01. The number of rotatable bonds is 3. The molecule has 3 fully saturated rings. The second kappa shape index (κ2) is 4.77. The van der Waals surface area contributed by atoms with Crippen LogP contribution in [0, 0.1) is 16.2 Å². The molecule has 1 amide bonds. The molecule has 20 heavy (non-hydrogen) atoms. The third kappa shape index (κ3) is 1.56. The Bertz CT molecular complexity index is 548. The second-order valence-electron chi connectivity index (χ2n) is 6.09. The number of fused-ring (bicyclic) bond motifs is 1. The summed E-state index contributed by atoms with van der Waals surface area (Å²) in [5.74, 6) is 0.0908. The zero-order valence-electron chi connectivity index (χ0n) is 11.1. The minimum absolute atomic E-state index is 0.0627. The van der Waals surface area contributed by atoms with E-state index in [0.717, 1.165) is 12.8 Å². The van der Waals surface area contributed by atoms with Crippen LogP contribution >= 0.6 is 59.1 Å². The Morgan fingerprint density at radius 1 is 1.50 bits per heavy atom. The average molecular weight is 487 g/mol. The van der Waals surface area contributed by atoms with E-state index < -0.39 is 0 Å². The molecule has 3 aliphatic carbocycles. The van der Waals surface area contributed by atoms with E-state index in [9.17, 15) is 4.79 Å². The van der Waals surface area contributed by atoms with Crippen molar-refractivity contribution in [3.05, 3.63) is 11.6 Å². The number of carbonyl (C=O) groups excluding carboxylic acids is 1. The lowest BCUT2D eigenvalue weighted by molar-refractivity contribution is -0.155. The highest BCUT2D eigenvalue weighted by molar-refractivity contribution is 9.24. The maximum atomic E-state index is 12.9. The quantitative estimate of drug-likeness (QED) is 0.625. The van der Waals surface area contributed by atoms with Crippen LogP contribution in [0.1, 0.15) is 26.7 Å². The number of anilines is 1. The molecule has 3 aliphatic rings. The number of nitrogens with zero attached hydrogens (tertiary/aromatic N) is 1. The van der Waals surface area contributed by atoms with Crippen molar-refractivity contribution >= 4 is 70.2 Å². The molecule has 3 atom stereocenters. The predicted molar refractivity (Wildman–Crippen MR) is 93.0 cm³/mol. The maximum absolute atomic E-state index is 12.9. The molecule has 3 saturated carbocycles. The van der Waals surface area contributed by atoms with Crippen LogP contribution in [0.4, 0.5) is 5.13 Å². The number of nitrogens with one attached hydrogen (secondary N) is 1. The van der Waals surface area contributed by atoms with Crippen LogP contribution in [0.3, 0.4) is 0 Å². The van der Waals surface area contributed by atoms with Gasteiger partial charge in [-0.15, -0.1) is 11.3 Å². The van der Waals surface area contributed by atoms with Crippen molar-refractivity contribution in [2.75, 3.05) is 5.32 Å². The Morgan fingerprint density at radius 2 is 2.20 bits per heavy atom. The molecule has 0 unspecified atom stereocenters. The van der Waals surface area contributed by atoms with Gasteiger partial charge in [0.1, 0.15) is 0 Å². The minimum atomic E-state index is -0.363. The van der Waals surface area contributed by atoms with Crippen LogP contribution in [0.15, 0.2) is 11.6 Å². The third-order valence-corrected chi connectivity index (χ3v) is 9.47. The fourth-order valence-electron chi connectivity index (χ4n) is 4.19. The molecule has 110 valence electrons. The largest absolute Gasteiger partial charge is 0.301 e. The van der Waals surface area contributed by atoms with Gasteiger partial charge in [-0.2, -0.15) is 0 Å². The molecule has 0 saturated heterocycles. The molecule has 0 spiro atoms. The van der Waals surface area contributed by atoms with E-state index in [1.165, 1.54) is 11.3 Å². The summed E-state index contributed by atoms with van der Waals surface area (Å²) >= 11 is 12.6. The number of hydrogen-bond donors (Lipinski definition) is 1. The monoisotopic (exact) mass is 484 g/mol. The summed E-state index contributed by atoms with van der Waals surface area (Å²) in [6.07, 6.45) is 3.64. The lowest BCUT2D eigenvalue weighted by Gasteiger charge is -2.66. The van der Waals surface area contributed by atoms with Gasteiger partial charge in [0, 0.05) is 21.8 Å². The van der Waals surface area contributed by atoms with Gasteiger partial charge in [0.25, 0.3) is 0 Å². The molecule has 7 heteroatoms. The number of hydrogen-bond acceptors (Lipinski definition) is 3. The topological polar surface area (TPSA) is 42.0 Å². The first-order valence-electron chi connectivity index (χ1n) is 6.44. The minimum Gasteiger partial charge on any atom is -0.301 e. The highest BCUT2D eigenvalue weighted by Gasteiger charge is 2.83. The lowest BCUT2D eigenvalue weighted by Crippen LogP contribution is -2.71. The summed E-state index contributed by atoms with van der Waals surface area (Å²) in [6.45, 7) is 4.41. The van der Waals surface area contributed by atoms with Crippen molar-refractivity contribution in [2.24, 2.45) is 16.2 Å². The summed E-state index contributed by atoms with van der Waals surface area (Å²) in [5.41, 5.74) is -0.376. The van der Waals surface area contributed by atoms with Gasteiger partial charge in [-0.05, 0) is 18.3 Å². The van der Waals surface area contributed by atoms with Crippen LogP contribution in [0.5, 0.6) is 0 Å². The van der Waals surface area contributed by atoms with E-state index in [1.54, 1.807) is 6.20 Å². The number of amides is 1. The molecule has 2 bridgehead atoms. The third-order valence-electron chi connectivity index (χ3n) is 5.54. The Balaban J connectivity index is 1.93. The van der Waals surface area contributed by atoms with Gasteiger partial charge in [-0.1, -0.05) is 61.6 Å². The van der Waals surface area contributed by atoms with E-state index in [1.807, 2.05) is 5.38 Å². The van der Waals surface area contributed by atoms with Crippen LogP contribution in [-0.4, -0.2) is 19.5 Å². The summed E-state index contributed by atoms with van der Waals surface area (Å²) < 4.78 is 0.199. The second-order valence-corrected chi connectivity index (χ2v) is 11.0. The maximum Gasteiger partial charge on any atom is 0.234 e. The molecule has 0 aromatic carbocycles. The first-order valence-corrected chi connectivity index (χ1v) is 10.1. The van der Waals surface area contributed by atoms with E-state index in [4.69, 9.17) is 0 Å². The number of carbonyl (C=O) groups is 1. The van der Waals surface area contributed by atoms with E-state index in [0.29, 0.717) is 5.13 Å². The Morgan fingerprint density at radius 3 is 2.65 bits per heavy atom. The SMILES string of the molecule is CC1(C)[C@@]2(C(=O)Nc3nccs3)CC[C@@]1(C(Br)Br)[C@@H]2Br. The smallest absolute Gasteiger partial charge is 0.234 e. The molecule has 0 aliphatic heterocycles. The Labute approximate surface area is 147 Å². The first kappa shape index (κ1) is 15.4. The van der Waals surface area contributed by atoms with Crippen molar-refractivity contribution in [1.29, 1.82) is 0 Å². The van der Waals surface area contributed by atoms with Gasteiger partial charge >= 0.3 is 0 Å². The van der Waals surface area contributed by atoms with Crippen LogP contribution < -0.4 is 5.32 Å². The van der Waals surface area contributed by atoms with Crippen LogP contribution in [0.2, 0.25) is 0 Å². The Kier molecular flexibility index (Phi) is 3.68. The normalized spacial score (nSPS) is 37.8. The highest BCUT2D eigenvalue weighted by Crippen LogP contribution is 2.82. The summed E-state index contributed by atoms with van der Waals surface area (Å²) in [5, 5.41) is 5.54. The fourth-order valence-corrected chi connectivity index (χ4v) is 9.63. The molecular formula is C13H15Br3N2OS. The molecule has 0 radical (unpaired) electrons. The Hall–Kier alpha value is 0.540. The number of thiazole rings is 1. The number of aromatic nitrogens is 1. The van der Waals surface area contributed by atoms with E-state index >= 15 is 0 Å². The molecular weight excluding hydrogens is 472 g/mol. The molecule has 1 aromatic heterocycles. The zero-order valence-corrected chi connectivity index (χ0v) is 16.7. The highest BCUT2D eigenvalue weighted by atomic mass is 79.9. The van der Waals surface area contributed by atoms with E-state index in [2.05, 4.69) is 71.9 Å². The van der Waals surface area contributed by atoms with E-state index in [-0.39, 0.29) is 30.7 Å². The molecule has 1 heterocycles. The van der Waals surface area contributed by atoms with Gasteiger partial charge in [-0.25, -0.2) is 4.98 Å².